The third-order valence-electron chi connectivity index (χ3n) is 3.57. The van der Waals surface area contributed by atoms with Crippen molar-refractivity contribution in [2.45, 2.75) is 20.8 Å². The van der Waals surface area contributed by atoms with Crippen molar-refractivity contribution in [1.29, 1.82) is 0 Å². The molecule has 1 amide bonds. The molecule has 0 radical (unpaired) electrons. The second-order valence-electron chi connectivity index (χ2n) is 5.15. The van der Waals surface area contributed by atoms with Crippen molar-refractivity contribution in [3.05, 3.63) is 59.4 Å². The summed E-state index contributed by atoms with van der Waals surface area (Å²) in [5, 5.41) is 3.99. The van der Waals surface area contributed by atoms with E-state index in [1.807, 2.05) is 19.1 Å². The van der Waals surface area contributed by atoms with Crippen molar-refractivity contribution in [3.8, 4) is 0 Å². The molecule has 0 spiro atoms. The van der Waals surface area contributed by atoms with E-state index < -0.39 is 0 Å². The van der Waals surface area contributed by atoms with Crippen LogP contribution < -0.4 is 10.3 Å². The number of carbonyl (C=O) groups is 1. The Morgan fingerprint density at radius 1 is 1.17 bits per heavy atom. The van der Waals surface area contributed by atoms with E-state index in [0.29, 0.717) is 5.56 Å². The Labute approximate surface area is 137 Å². The van der Waals surface area contributed by atoms with Crippen LogP contribution in [0, 0.1) is 6.92 Å². The largest absolute Gasteiger partial charge is 0.372 e. The number of hydrazone groups is 1. The Morgan fingerprint density at radius 3 is 2.43 bits per heavy atom. The summed E-state index contributed by atoms with van der Waals surface area (Å²) >= 11 is 0. The van der Waals surface area contributed by atoms with Gasteiger partial charge < -0.3 is 4.90 Å². The minimum Gasteiger partial charge on any atom is -0.372 e. The van der Waals surface area contributed by atoms with Gasteiger partial charge in [-0.2, -0.15) is 5.10 Å². The molecule has 120 valence electrons. The molecule has 1 heterocycles. The first-order valence-corrected chi connectivity index (χ1v) is 7.75. The molecule has 0 aliphatic heterocycles. The van der Waals surface area contributed by atoms with Gasteiger partial charge in [0.15, 0.2) is 0 Å². The molecule has 5 heteroatoms. The summed E-state index contributed by atoms with van der Waals surface area (Å²) in [6.45, 7) is 8.10. The van der Waals surface area contributed by atoms with Crippen molar-refractivity contribution < 1.29 is 4.79 Å². The number of benzene rings is 1. The van der Waals surface area contributed by atoms with Gasteiger partial charge in [0, 0.05) is 30.7 Å². The van der Waals surface area contributed by atoms with Crippen molar-refractivity contribution in [1.82, 2.24) is 10.4 Å². The van der Waals surface area contributed by atoms with Gasteiger partial charge in [0.2, 0.25) is 0 Å². The van der Waals surface area contributed by atoms with E-state index in [4.69, 9.17) is 0 Å². The number of aromatic nitrogens is 1. The Hall–Kier alpha value is -2.69. The maximum absolute atomic E-state index is 11.9. The number of pyridine rings is 1. The molecule has 23 heavy (non-hydrogen) atoms. The number of carbonyl (C=O) groups excluding carboxylic acids is 1. The van der Waals surface area contributed by atoms with E-state index in [2.05, 4.69) is 46.4 Å². The summed E-state index contributed by atoms with van der Waals surface area (Å²) in [5.74, 6) is -0.270. The molecular formula is C18H22N4O. The van der Waals surface area contributed by atoms with Crippen LogP contribution in [0.2, 0.25) is 0 Å². The lowest BCUT2D eigenvalue weighted by atomic mass is 10.2. The highest BCUT2D eigenvalue weighted by molar-refractivity contribution is 5.94. The second-order valence-corrected chi connectivity index (χ2v) is 5.15. The van der Waals surface area contributed by atoms with Crippen LogP contribution in [0.1, 0.15) is 35.5 Å². The van der Waals surface area contributed by atoms with Gasteiger partial charge in [0.1, 0.15) is 0 Å². The van der Waals surface area contributed by atoms with E-state index in [1.54, 1.807) is 24.5 Å². The van der Waals surface area contributed by atoms with Gasteiger partial charge in [-0.15, -0.1) is 0 Å². The third kappa shape index (κ3) is 4.64. The summed E-state index contributed by atoms with van der Waals surface area (Å²) in [7, 11) is 0. The molecule has 0 fully saturated rings. The fourth-order valence-corrected chi connectivity index (χ4v) is 2.19. The number of hydrogen-bond acceptors (Lipinski definition) is 4. The molecule has 0 saturated heterocycles. The molecule has 0 aliphatic rings. The van der Waals surface area contributed by atoms with Crippen molar-refractivity contribution in [2.75, 3.05) is 18.0 Å². The van der Waals surface area contributed by atoms with Gasteiger partial charge >= 0.3 is 0 Å². The Balaban J connectivity index is 1.95. The molecule has 2 rings (SSSR count). The van der Waals surface area contributed by atoms with Crippen LogP contribution in [-0.4, -0.2) is 30.2 Å². The highest BCUT2D eigenvalue weighted by Gasteiger charge is 2.04. The highest BCUT2D eigenvalue weighted by Crippen LogP contribution is 2.13. The fraction of sp³-hybridized carbons (Fsp3) is 0.278. The number of amides is 1. The molecule has 0 bridgehead atoms. The lowest BCUT2D eigenvalue weighted by Gasteiger charge is -2.20. The molecule has 1 aromatic heterocycles. The average Bonchev–Trinajstić information content (AvgIpc) is 2.58. The zero-order valence-electron chi connectivity index (χ0n) is 13.8. The molecule has 0 saturated carbocycles. The quantitative estimate of drug-likeness (QED) is 0.659. The number of rotatable bonds is 6. The number of anilines is 1. The first-order chi connectivity index (χ1) is 11.1. The minimum absolute atomic E-state index is 0.270. The minimum atomic E-state index is -0.270. The lowest BCUT2D eigenvalue weighted by molar-refractivity contribution is 0.0955. The SMILES string of the molecule is CCN(CC)c1ccc(/C=N\NC(=O)c2ccc(C)nc2)cc1. The number of hydrogen-bond donors (Lipinski definition) is 1. The van der Waals surface area contributed by atoms with Crippen molar-refractivity contribution in [2.24, 2.45) is 5.10 Å². The summed E-state index contributed by atoms with van der Waals surface area (Å²) < 4.78 is 0. The molecule has 1 N–H and O–H groups in total. The Kier molecular flexibility index (Phi) is 5.86. The van der Waals surface area contributed by atoms with E-state index >= 15 is 0 Å². The summed E-state index contributed by atoms with van der Waals surface area (Å²) in [4.78, 5) is 18.3. The monoisotopic (exact) mass is 310 g/mol. The molecule has 5 nitrogen and oxygen atoms in total. The zero-order valence-corrected chi connectivity index (χ0v) is 13.8. The van der Waals surface area contributed by atoms with Crippen LogP contribution in [0.25, 0.3) is 0 Å². The topological polar surface area (TPSA) is 57.6 Å². The van der Waals surface area contributed by atoms with Crippen molar-refractivity contribution in [3.63, 3.8) is 0 Å². The Bertz CT molecular complexity index is 658. The number of aryl methyl sites for hydroxylation is 1. The smallest absolute Gasteiger partial charge is 0.272 e. The highest BCUT2D eigenvalue weighted by atomic mass is 16.2. The predicted molar refractivity (Wildman–Crippen MR) is 94.0 cm³/mol. The van der Waals surface area contributed by atoms with Crippen LogP contribution >= 0.6 is 0 Å². The average molecular weight is 310 g/mol. The summed E-state index contributed by atoms with van der Waals surface area (Å²) in [6, 6.07) is 11.6. The van der Waals surface area contributed by atoms with Gasteiger partial charge in [-0.25, -0.2) is 5.43 Å². The molecule has 0 aliphatic carbocycles. The van der Waals surface area contributed by atoms with Crippen LogP contribution in [-0.2, 0) is 0 Å². The summed E-state index contributed by atoms with van der Waals surface area (Å²) in [6.07, 6.45) is 3.17. The predicted octanol–water partition coefficient (Wildman–Crippen LogP) is 3.00. The standard InChI is InChI=1S/C18H22N4O/c1-4-22(5-2)17-10-7-15(8-11-17)12-20-21-18(23)16-9-6-14(3)19-13-16/h6-13H,4-5H2,1-3H3,(H,21,23)/b20-12-. The first kappa shape index (κ1) is 16.7. The van der Waals surface area contributed by atoms with Crippen LogP contribution in [0.3, 0.4) is 0 Å². The van der Waals surface area contributed by atoms with Crippen LogP contribution in [0.15, 0.2) is 47.7 Å². The molecule has 0 unspecified atom stereocenters. The third-order valence-corrected chi connectivity index (χ3v) is 3.57. The number of nitrogens with zero attached hydrogens (tertiary/aromatic N) is 3. The van der Waals surface area contributed by atoms with Gasteiger partial charge in [-0.1, -0.05) is 12.1 Å². The normalized spacial score (nSPS) is 10.7. The van der Waals surface area contributed by atoms with Crippen molar-refractivity contribution >= 4 is 17.8 Å². The molecular weight excluding hydrogens is 288 g/mol. The van der Waals surface area contributed by atoms with E-state index in [0.717, 1.165) is 24.3 Å². The van der Waals surface area contributed by atoms with E-state index in [1.165, 1.54) is 5.69 Å². The zero-order chi connectivity index (χ0) is 16.7. The first-order valence-electron chi connectivity index (χ1n) is 7.75. The maximum atomic E-state index is 11.9. The van der Waals surface area contributed by atoms with Gasteiger partial charge in [0.05, 0.1) is 11.8 Å². The van der Waals surface area contributed by atoms with Gasteiger partial charge in [-0.3, -0.25) is 9.78 Å². The van der Waals surface area contributed by atoms with Crippen LogP contribution in [0.5, 0.6) is 0 Å². The fourth-order valence-electron chi connectivity index (χ4n) is 2.19. The van der Waals surface area contributed by atoms with Gasteiger partial charge in [0.25, 0.3) is 5.91 Å². The second kappa shape index (κ2) is 8.08. The number of nitrogens with one attached hydrogen (secondary N) is 1. The molecule has 1 aromatic carbocycles. The lowest BCUT2D eigenvalue weighted by Crippen LogP contribution is -2.21. The molecule has 2 aromatic rings. The Morgan fingerprint density at radius 2 is 1.87 bits per heavy atom. The van der Waals surface area contributed by atoms with E-state index in [-0.39, 0.29) is 5.91 Å². The maximum Gasteiger partial charge on any atom is 0.272 e. The summed E-state index contributed by atoms with van der Waals surface area (Å²) in [5.41, 5.74) is 5.99. The van der Waals surface area contributed by atoms with Gasteiger partial charge in [-0.05, 0) is 50.6 Å². The van der Waals surface area contributed by atoms with E-state index in [9.17, 15) is 4.79 Å². The van der Waals surface area contributed by atoms with Crippen LogP contribution in [0.4, 0.5) is 5.69 Å². The molecule has 0 atom stereocenters.